The van der Waals surface area contributed by atoms with E-state index in [1.807, 2.05) is 6.07 Å². The number of carboxylic acids is 1. The molecule has 0 bridgehead atoms. The van der Waals surface area contributed by atoms with Crippen LogP contribution in [-0.4, -0.2) is 27.2 Å². The van der Waals surface area contributed by atoms with Gasteiger partial charge in [0.1, 0.15) is 11.4 Å². The monoisotopic (exact) mass is 357 g/mol. The summed E-state index contributed by atoms with van der Waals surface area (Å²) >= 11 is 0. The highest BCUT2D eigenvalue weighted by Crippen LogP contribution is 2.30. The van der Waals surface area contributed by atoms with Crippen molar-refractivity contribution in [2.45, 2.75) is 6.18 Å². The van der Waals surface area contributed by atoms with E-state index in [4.69, 9.17) is 20.4 Å². The van der Waals surface area contributed by atoms with E-state index >= 15 is 0 Å². The molecule has 3 rings (SSSR count). The maximum absolute atomic E-state index is 13.6. The van der Waals surface area contributed by atoms with Crippen molar-refractivity contribution < 1.29 is 32.2 Å². The van der Waals surface area contributed by atoms with Crippen LogP contribution in [-0.2, 0) is 4.79 Å². The van der Waals surface area contributed by atoms with Gasteiger partial charge in [-0.25, -0.2) is 14.2 Å². The number of aromatic nitrogens is 2. The SMILES string of the molecule is Nc1ccc(Oc2ccnc3[nH]ccc23)c(F)c1.O=C(O)C(F)(F)F. The predicted molar refractivity (Wildman–Crippen MR) is 80.7 cm³/mol. The van der Waals surface area contributed by atoms with Crippen molar-refractivity contribution in [2.24, 2.45) is 0 Å². The summed E-state index contributed by atoms with van der Waals surface area (Å²) in [5.41, 5.74) is 6.54. The number of aliphatic carboxylic acids is 1. The van der Waals surface area contributed by atoms with Crippen molar-refractivity contribution in [3.63, 3.8) is 0 Å². The van der Waals surface area contributed by atoms with Gasteiger partial charge in [0.15, 0.2) is 11.6 Å². The van der Waals surface area contributed by atoms with E-state index < -0.39 is 18.0 Å². The first-order valence-corrected chi connectivity index (χ1v) is 6.63. The molecule has 2 heterocycles. The molecule has 0 aliphatic rings. The summed E-state index contributed by atoms with van der Waals surface area (Å²) < 4.78 is 50.9. The Labute approximate surface area is 137 Å². The molecule has 0 amide bonds. The Morgan fingerprint density at radius 1 is 1.20 bits per heavy atom. The van der Waals surface area contributed by atoms with Crippen LogP contribution in [0.5, 0.6) is 11.5 Å². The maximum atomic E-state index is 13.6. The molecule has 6 nitrogen and oxygen atoms in total. The van der Waals surface area contributed by atoms with Gasteiger partial charge in [-0.15, -0.1) is 0 Å². The van der Waals surface area contributed by atoms with Crippen LogP contribution in [0, 0.1) is 5.82 Å². The van der Waals surface area contributed by atoms with Crippen LogP contribution in [0.2, 0.25) is 0 Å². The summed E-state index contributed by atoms with van der Waals surface area (Å²) in [5, 5.41) is 7.92. The number of nitrogens with zero attached hydrogens (tertiary/aromatic N) is 1. The van der Waals surface area contributed by atoms with Crippen molar-refractivity contribution in [3.05, 3.63) is 48.5 Å². The van der Waals surface area contributed by atoms with Crippen LogP contribution in [0.4, 0.5) is 23.2 Å². The third-order valence-electron chi connectivity index (χ3n) is 2.84. The van der Waals surface area contributed by atoms with Gasteiger partial charge in [-0.05, 0) is 24.3 Å². The van der Waals surface area contributed by atoms with Crippen LogP contribution < -0.4 is 10.5 Å². The molecule has 25 heavy (non-hydrogen) atoms. The second-order valence-corrected chi connectivity index (χ2v) is 4.64. The van der Waals surface area contributed by atoms with Crippen molar-refractivity contribution in [3.8, 4) is 11.5 Å². The number of halogens is 4. The number of ether oxygens (including phenoxy) is 1. The normalized spacial score (nSPS) is 10.9. The van der Waals surface area contributed by atoms with E-state index in [9.17, 15) is 17.6 Å². The minimum absolute atomic E-state index is 0.137. The largest absolute Gasteiger partial charge is 0.490 e. The number of rotatable bonds is 2. The Bertz CT molecular complexity index is 893. The summed E-state index contributed by atoms with van der Waals surface area (Å²) in [4.78, 5) is 16.0. The van der Waals surface area contributed by atoms with Gasteiger partial charge in [0.25, 0.3) is 0 Å². The zero-order valence-electron chi connectivity index (χ0n) is 12.3. The average Bonchev–Trinajstić information content (AvgIpc) is 2.99. The molecular formula is C15H11F4N3O3. The lowest BCUT2D eigenvalue weighted by Crippen LogP contribution is -2.21. The number of hydrogen-bond acceptors (Lipinski definition) is 4. The molecular weight excluding hydrogens is 346 g/mol. The number of hydrogen-bond donors (Lipinski definition) is 3. The summed E-state index contributed by atoms with van der Waals surface area (Å²) in [7, 11) is 0. The number of carbonyl (C=O) groups is 1. The molecule has 0 atom stereocenters. The van der Waals surface area contributed by atoms with Gasteiger partial charge in [-0.2, -0.15) is 13.2 Å². The number of anilines is 1. The number of carboxylic acid groups (broad SMARTS) is 1. The molecule has 132 valence electrons. The van der Waals surface area contributed by atoms with Gasteiger partial charge >= 0.3 is 12.1 Å². The first kappa shape index (κ1) is 18.0. The smallest absolute Gasteiger partial charge is 0.475 e. The number of H-pyrrole nitrogens is 1. The van der Waals surface area contributed by atoms with E-state index in [-0.39, 0.29) is 5.75 Å². The zero-order valence-corrected chi connectivity index (χ0v) is 12.3. The number of nitrogen functional groups attached to an aromatic ring is 1. The lowest BCUT2D eigenvalue weighted by molar-refractivity contribution is -0.192. The standard InChI is InChI=1S/C13H10FN3O.C2HF3O2/c14-10-7-8(15)1-2-12(10)18-11-4-6-17-13-9(11)3-5-16-13;3-2(4,5)1(6)7/h1-7H,15H2,(H,16,17);(H,6,7). The lowest BCUT2D eigenvalue weighted by Gasteiger charge is -2.07. The fraction of sp³-hybridized carbons (Fsp3) is 0.0667. The van der Waals surface area contributed by atoms with Gasteiger partial charge in [-0.3, -0.25) is 0 Å². The number of aromatic amines is 1. The van der Waals surface area contributed by atoms with Gasteiger partial charge in [0, 0.05) is 24.1 Å². The topological polar surface area (TPSA) is 101 Å². The quantitative estimate of drug-likeness (QED) is 0.479. The van der Waals surface area contributed by atoms with Crippen LogP contribution >= 0.6 is 0 Å². The van der Waals surface area contributed by atoms with Gasteiger partial charge in [0.05, 0.1) is 5.39 Å². The molecule has 0 saturated carbocycles. The Balaban J connectivity index is 0.000000277. The number of pyridine rings is 1. The molecule has 0 radical (unpaired) electrons. The van der Waals surface area contributed by atoms with Crippen molar-refractivity contribution in [1.29, 1.82) is 0 Å². The molecule has 2 aromatic heterocycles. The third kappa shape index (κ3) is 4.59. The van der Waals surface area contributed by atoms with Crippen molar-refractivity contribution >= 4 is 22.7 Å². The first-order valence-electron chi connectivity index (χ1n) is 6.63. The Hall–Kier alpha value is -3.30. The highest BCUT2D eigenvalue weighted by atomic mass is 19.4. The van der Waals surface area contributed by atoms with Gasteiger partial charge < -0.3 is 20.6 Å². The molecule has 10 heteroatoms. The van der Waals surface area contributed by atoms with E-state index in [0.29, 0.717) is 17.1 Å². The number of nitrogens with one attached hydrogen (secondary N) is 1. The zero-order chi connectivity index (χ0) is 18.6. The maximum Gasteiger partial charge on any atom is 0.490 e. The molecule has 0 fully saturated rings. The molecule has 3 aromatic rings. The molecule has 0 aliphatic carbocycles. The molecule has 0 aliphatic heterocycles. The molecule has 1 aromatic carbocycles. The number of fused-ring (bicyclic) bond motifs is 1. The molecule has 0 spiro atoms. The fourth-order valence-corrected chi connectivity index (χ4v) is 1.74. The molecule has 4 N–H and O–H groups in total. The highest BCUT2D eigenvalue weighted by Gasteiger charge is 2.38. The second kappa shape index (κ2) is 7.07. The minimum atomic E-state index is -5.08. The van der Waals surface area contributed by atoms with Crippen molar-refractivity contribution in [1.82, 2.24) is 9.97 Å². The van der Waals surface area contributed by atoms with Crippen LogP contribution in [0.25, 0.3) is 11.0 Å². The molecule has 0 saturated heterocycles. The number of nitrogens with two attached hydrogens (primary N) is 1. The average molecular weight is 357 g/mol. The van der Waals surface area contributed by atoms with Crippen molar-refractivity contribution in [2.75, 3.05) is 5.73 Å². The number of alkyl halides is 3. The lowest BCUT2D eigenvalue weighted by atomic mass is 10.3. The Kier molecular flexibility index (Phi) is 5.11. The van der Waals surface area contributed by atoms with Crippen LogP contribution in [0.1, 0.15) is 0 Å². The summed E-state index contributed by atoms with van der Waals surface area (Å²) in [5.74, 6) is -2.56. The predicted octanol–water partition coefficient (Wildman–Crippen LogP) is 3.71. The summed E-state index contributed by atoms with van der Waals surface area (Å²) in [6.07, 6.45) is -1.73. The van der Waals surface area contributed by atoms with E-state index in [0.717, 1.165) is 5.39 Å². The fourth-order valence-electron chi connectivity index (χ4n) is 1.74. The van der Waals surface area contributed by atoms with Gasteiger partial charge in [-0.1, -0.05) is 0 Å². The van der Waals surface area contributed by atoms with Crippen LogP contribution in [0.15, 0.2) is 42.7 Å². The first-order chi connectivity index (χ1) is 11.7. The highest BCUT2D eigenvalue weighted by molar-refractivity contribution is 5.82. The van der Waals surface area contributed by atoms with Crippen LogP contribution in [0.3, 0.4) is 0 Å². The van der Waals surface area contributed by atoms with E-state index in [1.54, 1.807) is 24.5 Å². The summed E-state index contributed by atoms with van der Waals surface area (Å²) in [6.45, 7) is 0. The number of benzene rings is 1. The Morgan fingerprint density at radius 3 is 2.48 bits per heavy atom. The van der Waals surface area contributed by atoms with Gasteiger partial charge in [0.2, 0.25) is 0 Å². The summed E-state index contributed by atoms with van der Waals surface area (Å²) in [6, 6.07) is 7.83. The molecule has 0 unspecified atom stereocenters. The minimum Gasteiger partial charge on any atom is -0.475 e. The Morgan fingerprint density at radius 2 is 1.88 bits per heavy atom. The third-order valence-corrected chi connectivity index (χ3v) is 2.84. The van der Waals surface area contributed by atoms with E-state index in [1.165, 1.54) is 12.1 Å². The second-order valence-electron chi connectivity index (χ2n) is 4.64. The van der Waals surface area contributed by atoms with E-state index in [2.05, 4.69) is 9.97 Å².